The van der Waals surface area contributed by atoms with E-state index in [1.54, 1.807) is 7.11 Å². The maximum atomic E-state index is 5.78. The molecule has 0 amide bonds. The maximum Gasteiger partial charge on any atom is 0.124 e. The Labute approximate surface area is 128 Å². The smallest absolute Gasteiger partial charge is 0.124 e. The molecule has 0 saturated heterocycles. The zero-order chi connectivity index (χ0) is 14.7. The average molecular weight is 289 g/mol. The van der Waals surface area contributed by atoms with Crippen LogP contribution in [0.1, 0.15) is 57.1 Å². The Morgan fingerprint density at radius 2 is 2.00 bits per heavy atom. The molecular formula is C18H27NO2. The number of nitrogens with one attached hydrogen (secondary N) is 1. The molecule has 0 spiro atoms. The summed E-state index contributed by atoms with van der Waals surface area (Å²) >= 11 is 0. The van der Waals surface area contributed by atoms with Gasteiger partial charge >= 0.3 is 0 Å². The first-order valence-corrected chi connectivity index (χ1v) is 8.37. The highest BCUT2D eigenvalue weighted by atomic mass is 16.5. The molecule has 3 heteroatoms. The van der Waals surface area contributed by atoms with Crippen LogP contribution in [-0.4, -0.2) is 19.8 Å². The van der Waals surface area contributed by atoms with E-state index in [1.165, 1.54) is 37.7 Å². The molecule has 0 radical (unpaired) electrons. The van der Waals surface area contributed by atoms with Crippen LogP contribution in [0.4, 0.5) is 0 Å². The van der Waals surface area contributed by atoms with E-state index in [9.17, 15) is 0 Å². The lowest BCUT2D eigenvalue weighted by atomic mass is 9.84. The maximum absolute atomic E-state index is 5.78. The number of ether oxygens (including phenoxy) is 2. The van der Waals surface area contributed by atoms with Crippen molar-refractivity contribution in [3.63, 3.8) is 0 Å². The van der Waals surface area contributed by atoms with Gasteiger partial charge in [-0.15, -0.1) is 0 Å². The summed E-state index contributed by atoms with van der Waals surface area (Å²) in [5, 5.41) is 3.87. The average Bonchev–Trinajstić information content (AvgIpc) is 2.55. The summed E-state index contributed by atoms with van der Waals surface area (Å²) in [6, 6.07) is 7.22. The minimum Gasteiger partial charge on any atom is -0.497 e. The summed E-state index contributed by atoms with van der Waals surface area (Å²) in [5.74, 6) is 2.88. The predicted molar refractivity (Wildman–Crippen MR) is 85.0 cm³/mol. The molecule has 3 rings (SSSR count). The molecule has 1 aliphatic carbocycles. The molecule has 1 saturated carbocycles. The third-order valence-corrected chi connectivity index (χ3v) is 5.12. The molecule has 116 valence electrons. The summed E-state index contributed by atoms with van der Waals surface area (Å²) in [6.07, 6.45) is 7.77. The van der Waals surface area contributed by atoms with E-state index in [1.807, 2.05) is 12.1 Å². The van der Waals surface area contributed by atoms with Gasteiger partial charge in [0.25, 0.3) is 0 Å². The predicted octanol–water partition coefficient (Wildman–Crippen LogP) is 4.08. The highest BCUT2D eigenvalue weighted by molar-refractivity contribution is 5.43. The van der Waals surface area contributed by atoms with Crippen molar-refractivity contribution < 1.29 is 9.47 Å². The molecule has 0 bridgehead atoms. The van der Waals surface area contributed by atoms with Gasteiger partial charge in [0, 0.05) is 24.1 Å². The standard InChI is InChI=1S/C18H27NO2/c1-3-13-4-6-14(7-5-13)19-17-10-11-21-18-9-8-15(20-2)12-16(17)18/h8-9,12-14,17,19H,3-7,10-11H2,1-2H3. The van der Waals surface area contributed by atoms with Crippen molar-refractivity contribution in [3.8, 4) is 11.5 Å². The number of benzene rings is 1. The van der Waals surface area contributed by atoms with Crippen molar-refractivity contribution in [1.82, 2.24) is 5.32 Å². The van der Waals surface area contributed by atoms with Crippen molar-refractivity contribution in [3.05, 3.63) is 23.8 Å². The highest BCUT2D eigenvalue weighted by Gasteiger charge is 2.27. The van der Waals surface area contributed by atoms with Gasteiger partial charge in [-0.1, -0.05) is 13.3 Å². The fraction of sp³-hybridized carbons (Fsp3) is 0.667. The molecule has 1 heterocycles. The van der Waals surface area contributed by atoms with Crippen LogP contribution < -0.4 is 14.8 Å². The lowest BCUT2D eigenvalue weighted by Gasteiger charge is -2.34. The van der Waals surface area contributed by atoms with Gasteiger partial charge in [0.05, 0.1) is 13.7 Å². The second kappa shape index (κ2) is 6.69. The van der Waals surface area contributed by atoms with Crippen LogP contribution in [0.2, 0.25) is 0 Å². The van der Waals surface area contributed by atoms with Crippen LogP contribution in [0.5, 0.6) is 11.5 Å². The molecule has 21 heavy (non-hydrogen) atoms. The van der Waals surface area contributed by atoms with E-state index in [0.29, 0.717) is 12.1 Å². The van der Waals surface area contributed by atoms with Crippen molar-refractivity contribution in [1.29, 1.82) is 0 Å². The second-order valence-corrected chi connectivity index (χ2v) is 6.39. The number of hydrogen-bond acceptors (Lipinski definition) is 3. The summed E-state index contributed by atoms with van der Waals surface area (Å²) in [5.41, 5.74) is 1.26. The van der Waals surface area contributed by atoms with Gasteiger partial charge in [0.1, 0.15) is 11.5 Å². The Balaban J connectivity index is 1.67. The van der Waals surface area contributed by atoms with Crippen LogP contribution in [0.25, 0.3) is 0 Å². The molecule has 1 aromatic rings. The van der Waals surface area contributed by atoms with Crippen molar-refractivity contribution >= 4 is 0 Å². The lowest BCUT2D eigenvalue weighted by Crippen LogP contribution is -2.38. The zero-order valence-corrected chi connectivity index (χ0v) is 13.2. The minimum atomic E-state index is 0.409. The van der Waals surface area contributed by atoms with Gasteiger partial charge in [-0.2, -0.15) is 0 Å². The van der Waals surface area contributed by atoms with Crippen LogP contribution in [-0.2, 0) is 0 Å². The molecule has 0 aromatic heterocycles. The molecule has 1 aromatic carbocycles. The third kappa shape index (κ3) is 3.34. The lowest BCUT2D eigenvalue weighted by molar-refractivity contribution is 0.218. The van der Waals surface area contributed by atoms with Gasteiger partial charge in [-0.3, -0.25) is 0 Å². The fourth-order valence-electron chi connectivity index (χ4n) is 3.69. The number of methoxy groups -OCH3 is 1. The quantitative estimate of drug-likeness (QED) is 0.906. The van der Waals surface area contributed by atoms with Crippen LogP contribution in [0, 0.1) is 5.92 Å². The van der Waals surface area contributed by atoms with Gasteiger partial charge in [0.2, 0.25) is 0 Å². The van der Waals surface area contributed by atoms with Gasteiger partial charge in [0.15, 0.2) is 0 Å². The third-order valence-electron chi connectivity index (χ3n) is 5.12. The number of rotatable bonds is 4. The SMILES string of the molecule is CCC1CCC(NC2CCOc3ccc(OC)cc32)CC1. The van der Waals surface area contributed by atoms with E-state index in [2.05, 4.69) is 18.3 Å². The van der Waals surface area contributed by atoms with Crippen LogP contribution in [0.15, 0.2) is 18.2 Å². The number of hydrogen-bond donors (Lipinski definition) is 1. The molecule has 2 aliphatic rings. The van der Waals surface area contributed by atoms with Crippen molar-refractivity contribution in [2.24, 2.45) is 5.92 Å². The highest BCUT2D eigenvalue weighted by Crippen LogP contribution is 2.36. The normalized spacial score (nSPS) is 28.6. The Bertz CT molecular complexity index is 466. The second-order valence-electron chi connectivity index (χ2n) is 6.39. The first-order chi connectivity index (χ1) is 10.3. The van der Waals surface area contributed by atoms with Gasteiger partial charge < -0.3 is 14.8 Å². The summed E-state index contributed by atoms with van der Waals surface area (Å²) < 4.78 is 11.1. The molecule has 1 atom stereocenters. The van der Waals surface area contributed by atoms with Crippen molar-refractivity contribution in [2.45, 2.75) is 57.5 Å². The topological polar surface area (TPSA) is 30.5 Å². The number of fused-ring (bicyclic) bond motifs is 1. The molecule has 1 aliphatic heterocycles. The van der Waals surface area contributed by atoms with E-state index in [-0.39, 0.29) is 0 Å². The van der Waals surface area contributed by atoms with Gasteiger partial charge in [-0.25, -0.2) is 0 Å². The monoisotopic (exact) mass is 289 g/mol. The largest absolute Gasteiger partial charge is 0.497 e. The summed E-state index contributed by atoms with van der Waals surface area (Å²) in [7, 11) is 1.72. The molecule has 3 nitrogen and oxygen atoms in total. The Morgan fingerprint density at radius 1 is 1.19 bits per heavy atom. The molecule has 1 N–H and O–H groups in total. The Hall–Kier alpha value is -1.22. The first kappa shape index (κ1) is 14.7. The zero-order valence-electron chi connectivity index (χ0n) is 13.2. The Kier molecular flexibility index (Phi) is 4.69. The summed E-state index contributed by atoms with van der Waals surface area (Å²) in [6.45, 7) is 3.13. The van der Waals surface area contributed by atoms with E-state index in [0.717, 1.165) is 30.4 Å². The fourth-order valence-corrected chi connectivity index (χ4v) is 3.69. The van der Waals surface area contributed by atoms with Crippen LogP contribution in [0.3, 0.4) is 0 Å². The first-order valence-electron chi connectivity index (χ1n) is 8.37. The van der Waals surface area contributed by atoms with E-state index in [4.69, 9.17) is 9.47 Å². The summed E-state index contributed by atoms with van der Waals surface area (Å²) in [4.78, 5) is 0. The van der Waals surface area contributed by atoms with Crippen LogP contribution >= 0.6 is 0 Å². The molecular weight excluding hydrogens is 262 g/mol. The van der Waals surface area contributed by atoms with E-state index >= 15 is 0 Å². The van der Waals surface area contributed by atoms with E-state index < -0.39 is 0 Å². The van der Waals surface area contributed by atoms with Crippen molar-refractivity contribution in [2.75, 3.05) is 13.7 Å². The minimum absolute atomic E-state index is 0.409. The van der Waals surface area contributed by atoms with Gasteiger partial charge in [-0.05, 0) is 49.8 Å². The molecule has 1 unspecified atom stereocenters. The Morgan fingerprint density at radius 3 is 2.71 bits per heavy atom. The molecule has 1 fully saturated rings.